The second kappa shape index (κ2) is 7.72. The van der Waals surface area contributed by atoms with Crippen LogP contribution in [-0.4, -0.2) is 10.3 Å². The molecule has 146 valence electrons. The number of allylic oxidation sites excluding steroid dienone is 2. The zero-order valence-electron chi connectivity index (χ0n) is 17.4. The summed E-state index contributed by atoms with van der Waals surface area (Å²) in [4.78, 5) is 4.78. The summed E-state index contributed by atoms with van der Waals surface area (Å²) in [5.74, 6) is 0.955. The maximum atomic E-state index is 9.48. The molecule has 0 radical (unpaired) electrons. The monoisotopic (exact) mass is 381 g/mol. The van der Waals surface area contributed by atoms with Crippen LogP contribution < -0.4 is 0 Å². The maximum absolute atomic E-state index is 9.48. The van der Waals surface area contributed by atoms with E-state index in [1.807, 2.05) is 0 Å². The van der Waals surface area contributed by atoms with E-state index in [1.165, 1.54) is 27.6 Å². The summed E-state index contributed by atoms with van der Waals surface area (Å²) in [5, 5.41) is 12.0. The molecule has 0 aliphatic carbocycles. The molecule has 0 spiro atoms. The molecular formula is C26H27N3. The summed E-state index contributed by atoms with van der Waals surface area (Å²) in [6.45, 7) is 7.61. The van der Waals surface area contributed by atoms with Crippen molar-refractivity contribution in [3.05, 3.63) is 77.5 Å². The fourth-order valence-electron chi connectivity index (χ4n) is 3.94. The molecule has 3 heteroatoms. The third kappa shape index (κ3) is 4.32. The second-order valence-electron chi connectivity index (χ2n) is 9.04. The van der Waals surface area contributed by atoms with Crippen molar-refractivity contribution in [2.75, 3.05) is 0 Å². The maximum Gasteiger partial charge on any atom is 0.137 e. The average molecular weight is 382 g/mol. The van der Waals surface area contributed by atoms with Crippen molar-refractivity contribution in [1.82, 2.24) is 4.57 Å². The van der Waals surface area contributed by atoms with E-state index in [2.05, 4.69) is 92.1 Å². The SMILES string of the molecule is CC(C)(C)Cn1c(Cc2ccc3ccccc3c2)cc2c1/N=C(/C#N)C/C=C\C2. The highest BCUT2D eigenvalue weighted by Gasteiger charge is 2.21. The summed E-state index contributed by atoms with van der Waals surface area (Å²) in [6.07, 6.45) is 6.53. The van der Waals surface area contributed by atoms with Gasteiger partial charge in [-0.2, -0.15) is 5.26 Å². The number of nitriles is 1. The molecule has 2 aromatic carbocycles. The van der Waals surface area contributed by atoms with E-state index >= 15 is 0 Å². The van der Waals surface area contributed by atoms with Gasteiger partial charge in [0.2, 0.25) is 0 Å². The summed E-state index contributed by atoms with van der Waals surface area (Å²) in [6, 6.07) is 19.7. The molecule has 0 fully saturated rings. The molecule has 0 bridgehead atoms. The van der Waals surface area contributed by atoms with Crippen molar-refractivity contribution in [3.8, 4) is 6.07 Å². The quantitative estimate of drug-likeness (QED) is 0.486. The van der Waals surface area contributed by atoms with Gasteiger partial charge in [0.15, 0.2) is 0 Å². The second-order valence-corrected chi connectivity index (χ2v) is 9.04. The zero-order chi connectivity index (χ0) is 20.4. The highest BCUT2D eigenvalue weighted by atomic mass is 15.1. The zero-order valence-corrected chi connectivity index (χ0v) is 17.4. The largest absolute Gasteiger partial charge is 0.329 e. The lowest BCUT2D eigenvalue weighted by atomic mass is 9.96. The van der Waals surface area contributed by atoms with Crippen LogP contribution in [0.15, 0.2) is 65.7 Å². The van der Waals surface area contributed by atoms with Gasteiger partial charge in [-0.3, -0.25) is 0 Å². The Morgan fingerprint density at radius 2 is 1.76 bits per heavy atom. The van der Waals surface area contributed by atoms with Gasteiger partial charge in [-0.15, -0.1) is 0 Å². The first-order chi connectivity index (χ1) is 13.9. The van der Waals surface area contributed by atoms with E-state index in [0.717, 1.165) is 25.2 Å². The smallest absolute Gasteiger partial charge is 0.137 e. The molecular weight excluding hydrogens is 354 g/mol. The van der Waals surface area contributed by atoms with Crippen LogP contribution >= 0.6 is 0 Å². The molecule has 0 saturated heterocycles. The number of rotatable bonds is 3. The molecule has 3 aromatic rings. The normalized spacial score (nSPS) is 17.0. The van der Waals surface area contributed by atoms with Gasteiger partial charge in [0, 0.05) is 30.6 Å². The standard InChI is InChI=1S/C26H27N3/c1-26(2,3)18-29-24(15-19-12-13-20-8-4-5-9-21(20)14-19)16-22-10-6-7-11-23(17-27)28-25(22)29/h4-9,12-14,16H,10-11,15,18H2,1-3H3/b7-6-,28-23+. The lowest BCUT2D eigenvalue weighted by Gasteiger charge is -2.23. The number of hydrogen-bond acceptors (Lipinski definition) is 2. The molecule has 1 aliphatic rings. The van der Waals surface area contributed by atoms with E-state index in [0.29, 0.717) is 12.1 Å². The van der Waals surface area contributed by atoms with Crippen molar-refractivity contribution in [3.63, 3.8) is 0 Å². The van der Waals surface area contributed by atoms with Crippen LogP contribution in [0.3, 0.4) is 0 Å². The first kappa shape index (κ1) is 19.2. The first-order valence-corrected chi connectivity index (χ1v) is 10.2. The molecule has 29 heavy (non-hydrogen) atoms. The Morgan fingerprint density at radius 3 is 2.52 bits per heavy atom. The fourth-order valence-corrected chi connectivity index (χ4v) is 3.94. The van der Waals surface area contributed by atoms with Crippen LogP contribution in [0.1, 0.15) is 44.0 Å². The predicted molar refractivity (Wildman–Crippen MR) is 121 cm³/mol. The van der Waals surface area contributed by atoms with Crippen molar-refractivity contribution in [2.24, 2.45) is 10.4 Å². The van der Waals surface area contributed by atoms with Crippen LogP contribution in [0.2, 0.25) is 0 Å². The number of aliphatic imine (C=N–C) groups is 1. The Bertz CT molecular complexity index is 1150. The summed E-state index contributed by atoms with van der Waals surface area (Å²) >= 11 is 0. The molecule has 0 amide bonds. The molecule has 4 rings (SSSR count). The van der Waals surface area contributed by atoms with Gasteiger partial charge in [-0.25, -0.2) is 4.99 Å². The summed E-state index contributed by atoms with van der Waals surface area (Å²) < 4.78 is 2.33. The Kier molecular flexibility index (Phi) is 5.11. The first-order valence-electron chi connectivity index (χ1n) is 10.2. The predicted octanol–water partition coefficient (Wildman–Crippen LogP) is 6.38. The van der Waals surface area contributed by atoms with Gasteiger partial charge in [-0.1, -0.05) is 75.4 Å². The molecule has 3 nitrogen and oxygen atoms in total. The minimum Gasteiger partial charge on any atom is -0.329 e. The number of aromatic nitrogens is 1. The highest BCUT2D eigenvalue weighted by Crippen LogP contribution is 2.32. The fraction of sp³-hybridized carbons (Fsp3) is 0.308. The van der Waals surface area contributed by atoms with Crippen molar-refractivity contribution in [2.45, 2.75) is 46.6 Å². The third-order valence-electron chi connectivity index (χ3n) is 5.25. The number of benzene rings is 2. The third-order valence-corrected chi connectivity index (χ3v) is 5.25. The van der Waals surface area contributed by atoms with Gasteiger partial charge >= 0.3 is 0 Å². The average Bonchev–Trinajstić information content (AvgIpc) is 2.95. The Hall–Kier alpha value is -3.12. The molecule has 1 aliphatic heterocycles. The van der Waals surface area contributed by atoms with Gasteiger partial charge in [0.05, 0.1) is 0 Å². The van der Waals surface area contributed by atoms with E-state index in [9.17, 15) is 5.26 Å². The van der Waals surface area contributed by atoms with Crippen LogP contribution in [0.5, 0.6) is 0 Å². The van der Waals surface area contributed by atoms with Crippen molar-refractivity contribution >= 4 is 22.3 Å². The minimum atomic E-state index is 0.117. The van der Waals surface area contributed by atoms with Crippen LogP contribution in [-0.2, 0) is 19.4 Å². The Balaban J connectivity index is 1.80. The van der Waals surface area contributed by atoms with Crippen LogP contribution in [0, 0.1) is 16.7 Å². The van der Waals surface area contributed by atoms with Gasteiger partial charge in [0.1, 0.15) is 17.6 Å². The lowest BCUT2D eigenvalue weighted by Crippen LogP contribution is -2.17. The molecule has 0 saturated carbocycles. The summed E-state index contributed by atoms with van der Waals surface area (Å²) in [5.41, 5.74) is 4.45. The van der Waals surface area contributed by atoms with Gasteiger partial charge in [-0.05, 0) is 34.2 Å². The summed E-state index contributed by atoms with van der Waals surface area (Å²) in [7, 11) is 0. The Labute approximate surface area is 173 Å². The van der Waals surface area contributed by atoms with E-state index < -0.39 is 0 Å². The van der Waals surface area contributed by atoms with E-state index in [1.54, 1.807) is 0 Å². The minimum absolute atomic E-state index is 0.117. The highest BCUT2D eigenvalue weighted by molar-refractivity contribution is 6.01. The molecule has 2 heterocycles. The van der Waals surface area contributed by atoms with E-state index in [4.69, 9.17) is 4.99 Å². The van der Waals surface area contributed by atoms with Crippen LogP contribution in [0.4, 0.5) is 5.82 Å². The lowest BCUT2D eigenvalue weighted by molar-refractivity contribution is 0.341. The Morgan fingerprint density at radius 1 is 1.00 bits per heavy atom. The van der Waals surface area contributed by atoms with Crippen molar-refractivity contribution < 1.29 is 0 Å². The van der Waals surface area contributed by atoms with Crippen molar-refractivity contribution in [1.29, 1.82) is 5.26 Å². The molecule has 0 unspecified atom stereocenters. The van der Waals surface area contributed by atoms with Gasteiger partial charge < -0.3 is 4.57 Å². The van der Waals surface area contributed by atoms with Crippen LogP contribution in [0.25, 0.3) is 10.8 Å². The van der Waals surface area contributed by atoms with Gasteiger partial charge in [0.25, 0.3) is 0 Å². The molecule has 1 aromatic heterocycles. The van der Waals surface area contributed by atoms with E-state index in [-0.39, 0.29) is 5.41 Å². The number of fused-ring (bicyclic) bond motifs is 2. The molecule has 0 atom stereocenters. The number of hydrogen-bond donors (Lipinski definition) is 0. The topological polar surface area (TPSA) is 41.1 Å². The molecule has 0 N–H and O–H groups in total. The number of nitrogens with zero attached hydrogens (tertiary/aromatic N) is 3.